The van der Waals surface area contributed by atoms with Crippen LogP contribution in [0.3, 0.4) is 0 Å². The molecule has 0 saturated carbocycles. The number of hydrogen-bond donors (Lipinski definition) is 2. The van der Waals surface area contributed by atoms with E-state index in [1.807, 2.05) is 6.26 Å². The first-order valence-electron chi connectivity index (χ1n) is 5.23. The van der Waals surface area contributed by atoms with Crippen molar-refractivity contribution in [2.45, 2.75) is 17.4 Å². The fraction of sp³-hybridized carbons (Fsp3) is 0.455. The van der Waals surface area contributed by atoms with Crippen LogP contribution in [0, 0.1) is 5.82 Å². The smallest absolute Gasteiger partial charge is 0.240 e. The molecule has 18 heavy (non-hydrogen) atoms. The quantitative estimate of drug-likeness (QED) is 0.827. The average Bonchev–Trinajstić information content (AvgIpc) is 2.27. The monoisotopic (exact) mass is 293 g/mol. The zero-order chi connectivity index (χ0) is 13.8. The number of thioether (sulfide) groups is 1. The number of hydrogen-bond acceptors (Lipinski definition) is 4. The normalized spacial score (nSPS) is 15.3. The number of nitrogens with one attached hydrogen (secondary N) is 1. The van der Waals surface area contributed by atoms with Gasteiger partial charge in [0.15, 0.2) is 0 Å². The van der Waals surface area contributed by atoms with E-state index < -0.39 is 21.4 Å². The third kappa shape index (κ3) is 4.56. The summed E-state index contributed by atoms with van der Waals surface area (Å²) in [7, 11) is -3.71. The molecule has 0 amide bonds. The van der Waals surface area contributed by atoms with E-state index >= 15 is 0 Å². The molecule has 1 atom stereocenters. The van der Waals surface area contributed by atoms with Crippen LogP contribution in [0.15, 0.2) is 29.2 Å². The topological polar surface area (TPSA) is 66.4 Å². The molecule has 0 spiro atoms. The zero-order valence-corrected chi connectivity index (χ0v) is 11.8. The Hall–Kier alpha value is -0.630. The molecule has 0 saturated heterocycles. The summed E-state index contributed by atoms with van der Waals surface area (Å²) in [5.74, 6) is -0.0813. The van der Waals surface area contributed by atoms with Crippen molar-refractivity contribution in [3.8, 4) is 0 Å². The number of sulfonamides is 1. The van der Waals surface area contributed by atoms with E-state index in [9.17, 15) is 17.9 Å². The van der Waals surface area contributed by atoms with E-state index in [0.29, 0.717) is 5.75 Å². The molecule has 0 radical (unpaired) electrons. The maximum absolute atomic E-state index is 12.7. The van der Waals surface area contributed by atoms with Gasteiger partial charge < -0.3 is 5.11 Å². The van der Waals surface area contributed by atoms with E-state index in [0.717, 1.165) is 12.1 Å². The number of benzene rings is 1. The molecular weight excluding hydrogens is 277 g/mol. The highest BCUT2D eigenvalue weighted by molar-refractivity contribution is 7.98. The lowest BCUT2D eigenvalue weighted by atomic mass is 10.1. The molecule has 1 aromatic rings. The molecule has 0 aliphatic carbocycles. The number of rotatable bonds is 6. The minimum absolute atomic E-state index is 0.0242. The molecule has 102 valence electrons. The van der Waals surface area contributed by atoms with E-state index in [2.05, 4.69) is 4.72 Å². The van der Waals surface area contributed by atoms with E-state index in [1.54, 1.807) is 6.92 Å². The van der Waals surface area contributed by atoms with Gasteiger partial charge in [0.25, 0.3) is 0 Å². The van der Waals surface area contributed by atoms with Crippen LogP contribution in [0.5, 0.6) is 0 Å². The van der Waals surface area contributed by atoms with Gasteiger partial charge in [-0.25, -0.2) is 17.5 Å². The van der Waals surface area contributed by atoms with Gasteiger partial charge in [0, 0.05) is 12.3 Å². The molecule has 1 aromatic carbocycles. The van der Waals surface area contributed by atoms with Gasteiger partial charge in [0.2, 0.25) is 10.0 Å². The van der Waals surface area contributed by atoms with Gasteiger partial charge >= 0.3 is 0 Å². The van der Waals surface area contributed by atoms with Crippen LogP contribution in [-0.2, 0) is 10.0 Å². The Kier molecular flexibility index (Phi) is 5.15. The molecule has 7 heteroatoms. The van der Waals surface area contributed by atoms with Crippen LogP contribution in [0.2, 0.25) is 0 Å². The Morgan fingerprint density at radius 2 is 1.94 bits per heavy atom. The van der Waals surface area contributed by atoms with Gasteiger partial charge in [-0.1, -0.05) is 0 Å². The average molecular weight is 293 g/mol. The second-order valence-corrected chi connectivity index (χ2v) is 6.84. The highest BCUT2D eigenvalue weighted by atomic mass is 32.2. The Morgan fingerprint density at radius 1 is 1.39 bits per heavy atom. The fourth-order valence-corrected chi connectivity index (χ4v) is 3.20. The highest BCUT2D eigenvalue weighted by Gasteiger charge is 2.23. The third-order valence-corrected chi connectivity index (χ3v) is 4.55. The van der Waals surface area contributed by atoms with E-state index in [4.69, 9.17) is 0 Å². The molecule has 2 N–H and O–H groups in total. The summed E-state index contributed by atoms with van der Waals surface area (Å²) in [5, 5.41) is 9.86. The Bertz CT molecular complexity index is 486. The molecule has 0 bridgehead atoms. The van der Waals surface area contributed by atoms with Crippen molar-refractivity contribution in [2.24, 2.45) is 0 Å². The summed E-state index contributed by atoms with van der Waals surface area (Å²) in [4.78, 5) is -0.0242. The van der Waals surface area contributed by atoms with E-state index in [1.165, 1.54) is 23.9 Å². The fourth-order valence-electron chi connectivity index (χ4n) is 1.31. The minimum Gasteiger partial charge on any atom is -0.388 e. The van der Waals surface area contributed by atoms with Gasteiger partial charge in [-0.2, -0.15) is 11.8 Å². The van der Waals surface area contributed by atoms with Crippen molar-refractivity contribution < 1.29 is 17.9 Å². The summed E-state index contributed by atoms with van der Waals surface area (Å²) in [6.07, 6.45) is 1.82. The Morgan fingerprint density at radius 3 is 2.44 bits per heavy atom. The van der Waals surface area contributed by atoms with Crippen molar-refractivity contribution in [1.82, 2.24) is 4.72 Å². The van der Waals surface area contributed by atoms with Crippen LogP contribution in [0.1, 0.15) is 6.92 Å². The summed E-state index contributed by atoms with van der Waals surface area (Å²) in [5.41, 5.74) is -1.12. The van der Waals surface area contributed by atoms with Gasteiger partial charge in [0.1, 0.15) is 5.82 Å². The van der Waals surface area contributed by atoms with Crippen molar-refractivity contribution in [1.29, 1.82) is 0 Å². The molecule has 1 rings (SSSR count). The van der Waals surface area contributed by atoms with Crippen LogP contribution < -0.4 is 4.72 Å². The summed E-state index contributed by atoms with van der Waals surface area (Å²) < 4.78 is 38.7. The second-order valence-electron chi connectivity index (χ2n) is 4.21. The number of aliphatic hydroxyl groups is 1. The lowest BCUT2D eigenvalue weighted by Gasteiger charge is -2.22. The van der Waals surface area contributed by atoms with Crippen molar-refractivity contribution in [2.75, 3.05) is 18.6 Å². The first-order chi connectivity index (χ1) is 8.27. The lowest BCUT2D eigenvalue weighted by molar-refractivity contribution is 0.0908. The molecule has 0 heterocycles. The predicted molar refractivity (Wildman–Crippen MR) is 70.6 cm³/mol. The van der Waals surface area contributed by atoms with Gasteiger partial charge in [-0.3, -0.25) is 0 Å². The van der Waals surface area contributed by atoms with Gasteiger partial charge in [-0.15, -0.1) is 0 Å². The molecule has 0 aliphatic rings. The van der Waals surface area contributed by atoms with Crippen molar-refractivity contribution in [3.63, 3.8) is 0 Å². The molecular formula is C11H16FNO3S2. The van der Waals surface area contributed by atoms with Crippen LogP contribution >= 0.6 is 11.8 Å². The Labute approximate surface area is 111 Å². The maximum atomic E-state index is 12.7. The largest absolute Gasteiger partial charge is 0.388 e. The zero-order valence-electron chi connectivity index (χ0n) is 10.2. The van der Waals surface area contributed by atoms with Crippen LogP contribution in [0.25, 0.3) is 0 Å². The summed E-state index contributed by atoms with van der Waals surface area (Å²) in [6, 6.07) is 4.52. The first-order valence-corrected chi connectivity index (χ1v) is 8.11. The number of halogens is 1. The minimum atomic E-state index is -3.71. The Balaban J connectivity index is 2.74. The van der Waals surface area contributed by atoms with Gasteiger partial charge in [-0.05, 0) is 37.4 Å². The molecule has 4 nitrogen and oxygen atoms in total. The summed E-state index contributed by atoms with van der Waals surface area (Å²) in [6.45, 7) is 1.46. The molecule has 0 fully saturated rings. The van der Waals surface area contributed by atoms with Crippen molar-refractivity contribution >= 4 is 21.8 Å². The summed E-state index contributed by atoms with van der Waals surface area (Å²) >= 11 is 1.42. The molecule has 1 unspecified atom stereocenters. The van der Waals surface area contributed by atoms with Crippen LogP contribution in [-0.4, -0.2) is 37.7 Å². The van der Waals surface area contributed by atoms with E-state index in [-0.39, 0.29) is 11.4 Å². The standard InChI is InChI=1S/C11H16FNO3S2/c1-11(14,8-17-2)7-13-18(15,16)10-5-3-9(12)4-6-10/h3-6,13-14H,7-8H2,1-2H3. The third-order valence-electron chi connectivity index (χ3n) is 2.22. The van der Waals surface area contributed by atoms with Crippen molar-refractivity contribution in [3.05, 3.63) is 30.1 Å². The highest BCUT2D eigenvalue weighted by Crippen LogP contribution is 2.13. The molecule has 0 aliphatic heterocycles. The second kappa shape index (κ2) is 6.01. The lowest BCUT2D eigenvalue weighted by Crippen LogP contribution is -2.42. The van der Waals surface area contributed by atoms with Gasteiger partial charge in [0.05, 0.1) is 10.5 Å². The first kappa shape index (κ1) is 15.4. The van der Waals surface area contributed by atoms with Crippen LogP contribution in [0.4, 0.5) is 4.39 Å². The maximum Gasteiger partial charge on any atom is 0.240 e. The predicted octanol–water partition coefficient (Wildman–Crippen LogP) is 1.22. The SMILES string of the molecule is CSCC(C)(O)CNS(=O)(=O)c1ccc(F)cc1. The molecule has 0 aromatic heterocycles.